The molecule has 2 aromatic rings. The molecule has 0 aromatic heterocycles. The van der Waals surface area contributed by atoms with Gasteiger partial charge in [0, 0.05) is 9.50 Å². The van der Waals surface area contributed by atoms with Crippen molar-refractivity contribution in [3.05, 3.63) is 51.7 Å². The van der Waals surface area contributed by atoms with Gasteiger partial charge in [0.15, 0.2) is 0 Å². The SMILES string of the molecule is Nc1cc(Cl)ccc1S(=O)(=O)Nc1ccc(F)cc1Br. The highest BCUT2D eigenvalue weighted by Gasteiger charge is 2.19. The van der Waals surface area contributed by atoms with Crippen LogP contribution in [0, 0.1) is 5.82 Å². The first kappa shape index (κ1) is 15.1. The van der Waals surface area contributed by atoms with Gasteiger partial charge in [-0.15, -0.1) is 0 Å². The molecule has 2 rings (SSSR count). The van der Waals surface area contributed by atoms with Gasteiger partial charge in [-0.05, 0) is 52.3 Å². The van der Waals surface area contributed by atoms with E-state index in [1.165, 1.54) is 24.3 Å². The van der Waals surface area contributed by atoms with E-state index in [1.54, 1.807) is 0 Å². The molecule has 0 radical (unpaired) electrons. The summed E-state index contributed by atoms with van der Waals surface area (Å²) in [5, 5.41) is 0.337. The Labute approximate surface area is 128 Å². The van der Waals surface area contributed by atoms with E-state index in [4.69, 9.17) is 17.3 Å². The lowest BCUT2D eigenvalue weighted by Crippen LogP contribution is -2.15. The number of halogens is 3. The van der Waals surface area contributed by atoms with E-state index >= 15 is 0 Å². The van der Waals surface area contributed by atoms with E-state index in [9.17, 15) is 12.8 Å². The fourth-order valence-electron chi connectivity index (χ4n) is 1.54. The molecular formula is C12H9BrClFN2O2S. The van der Waals surface area contributed by atoms with Crippen LogP contribution in [0.3, 0.4) is 0 Å². The zero-order chi connectivity index (χ0) is 14.9. The van der Waals surface area contributed by atoms with Gasteiger partial charge >= 0.3 is 0 Å². The largest absolute Gasteiger partial charge is 0.398 e. The van der Waals surface area contributed by atoms with Crippen molar-refractivity contribution in [2.45, 2.75) is 4.90 Å². The van der Waals surface area contributed by atoms with Crippen LogP contribution >= 0.6 is 27.5 Å². The summed E-state index contributed by atoms with van der Waals surface area (Å²) in [7, 11) is -3.88. The molecule has 0 aliphatic carbocycles. The Hall–Kier alpha value is -1.31. The van der Waals surface area contributed by atoms with Crippen LogP contribution < -0.4 is 10.5 Å². The van der Waals surface area contributed by atoms with Crippen molar-refractivity contribution in [2.75, 3.05) is 10.5 Å². The molecule has 20 heavy (non-hydrogen) atoms. The van der Waals surface area contributed by atoms with E-state index in [0.29, 0.717) is 5.02 Å². The Morgan fingerprint density at radius 1 is 1.20 bits per heavy atom. The molecule has 0 aliphatic rings. The van der Waals surface area contributed by atoms with E-state index < -0.39 is 15.8 Å². The summed E-state index contributed by atoms with van der Waals surface area (Å²) in [5.41, 5.74) is 5.89. The summed E-state index contributed by atoms with van der Waals surface area (Å²) in [6, 6.07) is 7.68. The molecule has 3 N–H and O–H groups in total. The summed E-state index contributed by atoms with van der Waals surface area (Å²) in [6.45, 7) is 0. The molecule has 0 unspecified atom stereocenters. The first-order valence-corrected chi connectivity index (χ1v) is 7.98. The minimum Gasteiger partial charge on any atom is -0.398 e. The summed E-state index contributed by atoms with van der Waals surface area (Å²) in [6.07, 6.45) is 0. The van der Waals surface area contributed by atoms with Crippen LogP contribution in [0.15, 0.2) is 45.8 Å². The van der Waals surface area contributed by atoms with Gasteiger partial charge in [-0.25, -0.2) is 12.8 Å². The number of rotatable bonds is 3. The molecule has 0 amide bonds. The van der Waals surface area contributed by atoms with E-state index in [1.807, 2.05) is 0 Å². The molecule has 8 heteroatoms. The van der Waals surface area contributed by atoms with Crippen LogP contribution in [-0.4, -0.2) is 8.42 Å². The average molecular weight is 380 g/mol. The monoisotopic (exact) mass is 378 g/mol. The van der Waals surface area contributed by atoms with Gasteiger partial charge < -0.3 is 5.73 Å². The number of nitrogens with two attached hydrogens (primary N) is 1. The molecule has 0 bridgehead atoms. The second kappa shape index (κ2) is 5.59. The topological polar surface area (TPSA) is 72.2 Å². The van der Waals surface area contributed by atoms with Crippen molar-refractivity contribution >= 4 is 48.9 Å². The Morgan fingerprint density at radius 2 is 1.90 bits per heavy atom. The minimum absolute atomic E-state index is 0.0308. The normalized spacial score (nSPS) is 11.3. The molecule has 0 aliphatic heterocycles. The quantitative estimate of drug-likeness (QED) is 0.800. The van der Waals surface area contributed by atoms with E-state index in [2.05, 4.69) is 20.7 Å². The lowest BCUT2D eigenvalue weighted by Gasteiger charge is -2.11. The van der Waals surface area contributed by atoms with Gasteiger partial charge in [-0.1, -0.05) is 11.6 Å². The average Bonchev–Trinajstić information content (AvgIpc) is 2.32. The highest BCUT2D eigenvalue weighted by molar-refractivity contribution is 9.10. The van der Waals surface area contributed by atoms with Gasteiger partial charge in [-0.2, -0.15) is 0 Å². The highest BCUT2D eigenvalue weighted by atomic mass is 79.9. The van der Waals surface area contributed by atoms with Crippen molar-refractivity contribution in [2.24, 2.45) is 0 Å². The molecule has 0 atom stereocenters. The molecular weight excluding hydrogens is 371 g/mol. The van der Waals surface area contributed by atoms with E-state index in [-0.39, 0.29) is 20.7 Å². The van der Waals surface area contributed by atoms with Gasteiger partial charge in [0.05, 0.1) is 11.4 Å². The Kier molecular flexibility index (Phi) is 4.22. The van der Waals surface area contributed by atoms with Gasteiger partial charge in [-0.3, -0.25) is 4.72 Å². The van der Waals surface area contributed by atoms with Gasteiger partial charge in [0.25, 0.3) is 10.0 Å². The van der Waals surface area contributed by atoms with Crippen molar-refractivity contribution in [1.82, 2.24) is 0 Å². The molecule has 0 saturated carbocycles. The Morgan fingerprint density at radius 3 is 2.50 bits per heavy atom. The smallest absolute Gasteiger partial charge is 0.263 e. The summed E-state index contributed by atoms with van der Waals surface area (Å²) in [4.78, 5) is -0.0990. The number of hydrogen-bond donors (Lipinski definition) is 2. The molecule has 0 fully saturated rings. The van der Waals surface area contributed by atoms with Crippen molar-refractivity contribution in [3.63, 3.8) is 0 Å². The zero-order valence-corrected chi connectivity index (χ0v) is 13.1. The zero-order valence-electron chi connectivity index (χ0n) is 9.90. The minimum atomic E-state index is -3.88. The number of nitrogens with one attached hydrogen (secondary N) is 1. The fraction of sp³-hybridized carbons (Fsp3) is 0. The van der Waals surface area contributed by atoms with Crippen molar-refractivity contribution < 1.29 is 12.8 Å². The van der Waals surface area contributed by atoms with Crippen molar-refractivity contribution in [1.29, 1.82) is 0 Å². The number of anilines is 2. The molecule has 106 valence electrons. The number of nitrogen functional groups attached to an aromatic ring is 1. The molecule has 0 heterocycles. The third-order valence-electron chi connectivity index (χ3n) is 2.44. The lowest BCUT2D eigenvalue weighted by molar-refractivity contribution is 0.601. The number of hydrogen-bond acceptors (Lipinski definition) is 3. The Bertz CT molecular complexity index is 768. The van der Waals surface area contributed by atoms with Crippen LogP contribution in [0.2, 0.25) is 5.02 Å². The lowest BCUT2D eigenvalue weighted by atomic mass is 10.3. The summed E-state index contributed by atoms with van der Waals surface area (Å²) >= 11 is 8.81. The predicted octanol–water partition coefficient (Wildman–Crippen LogP) is 3.62. The first-order valence-electron chi connectivity index (χ1n) is 5.32. The second-order valence-electron chi connectivity index (χ2n) is 3.91. The number of benzene rings is 2. The predicted molar refractivity (Wildman–Crippen MR) is 80.8 cm³/mol. The molecule has 2 aromatic carbocycles. The summed E-state index contributed by atoms with van der Waals surface area (Å²) in [5.74, 6) is -0.481. The molecule has 0 saturated heterocycles. The molecule has 0 spiro atoms. The first-order chi connectivity index (χ1) is 9.29. The van der Waals surface area contributed by atoms with Crippen LogP contribution in [0.5, 0.6) is 0 Å². The van der Waals surface area contributed by atoms with Crippen molar-refractivity contribution in [3.8, 4) is 0 Å². The van der Waals surface area contributed by atoms with Crippen LogP contribution in [0.25, 0.3) is 0 Å². The molecule has 4 nitrogen and oxygen atoms in total. The van der Waals surface area contributed by atoms with Crippen LogP contribution in [0.1, 0.15) is 0 Å². The standard InChI is InChI=1S/C12H9BrClFN2O2S/c13-9-6-8(15)2-3-11(9)17-20(18,19)12-4-1-7(14)5-10(12)16/h1-6,17H,16H2. The Balaban J connectivity index is 2.41. The van der Waals surface area contributed by atoms with Crippen LogP contribution in [0.4, 0.5) is 15.8 Å². The highest BCUT2D eigenvalue weighted by Crippen LogP contribution is 2.28. The maximum atomic E-state index is 13.0. The van der Waals surface area contributed by atoms with Crippen LogP contribution in [-0.2, 0) is 10.0 Å². The maximum absolute atomic E-state index is 13.0. The second-order valence-corrected chi connectivity index (χ2v) is 6.85. The number of sulfonamides is 1. The van der Waals surface area contributed by atoms with Gasteiger partial charge in [0.1, 0.15) is 10.7 Å². The fourth-order valence-corrected chi connectivity index (χ4v) is 3.49. The van der Waals surface area contributed by atoms with E-state index in [0.717, 1.165) is 12.1 Å². The maximum Gasteiger partial charge on any atom is 0.263 e. The third-order valence-corrected chi connectivity index (χ3v) is 4.77. The van der Waals surface area contributed by atoms with Gasteiger partial charge in [0.2, 0.25) is 0 Å². The summed E-state index contributed by atoms with van der Waals surface area (Å²) < 4.78 is 40.0. The third kappa shape index (κ3) is 3.23.